The Morgan fingerprint density at radius 3 is 0.960 bits per heavy atom. The van der Waals surface area contributed by atoms with Crippen molar-refractivity contribution in [3.8, 4) is 44.5 Å². The molecule has 0 aliphatic heterocycles. The molecule has 0 fully saturated rings. The van der Waals surface area contributed by atoms with E-state index in [1.54, 1.807) is 0 Å². The van der Waals surface area contributed by atoms with Crippen molar-refractivity contribution in [3.63, 3.8) is 0 Å². The molecule has 2 heteroatoms. The van der Waals surface area contributed by atoms with Crippen LogP contribution in [0, 0.1) is 0 Å². The highest BCUT2D eigenvalue weighted by Gasteiger charge is 2.38. The second kappa shape index (κ2) is 23.2. The second-order valence-electron chi connectivity index (χ2n) is 28.4. The maximum Gasteiger partial charge on any atom is 0.0468 e. The Hall–Kier alpha value is -12.4. The van der Waals surface area contributed by atoms with Gasteiger partial charge in [0, 0.05) is 45.0 Å². The summed E-state index contributed by atoms with van der Waals surface area (Å²) in [6.07, 6.45) is 9.29. The molecule has 0 saturated heterocycles. The van der Waals surface area contributed by atoms with Crippen LogP contribution in [-0.4, -0.2) is 0 Å². The van der Waals surface area contributed by atoms with Crippen LogP contribution in [0.4, 0.5) is 34.1 Å². The molecule has 0 heterocycles. The van der Waals surface area contributed by atoms with Crippen LogP contribution in [0.2, 0.25) is 0 Å². The van der Waals surface area contributed by atoms with Crippen molar-refractivity contribution in [2.45, 2.75) is 38.5 Å². The summed E-state index contributed by atoms with van der Waals surface area (Å²) >= 11 is 0. The highest BCUT2D eigenvalue weighted by atomic mass is 15.1. The van der Waals surface area contributed by atoms with E-state index in [2.05, 4.69) is 389 Å². The normalized spacial score (nSPS) is 13.5. The average molecular weight is 1280 g/mol. The number of benzene rings is 17. The average Bonchev–Trinajstić information content (AvgIpc) is 1.05. The van der Waals surface area contributed by atoms with E-state index in [-0.39, 0.29) is 10.8 Å². The van der Waals surface area contributed by atoms with Crippen molar-refractivity contribution in [3.05, 3.63) is 372 Å². The zero-order valence-electron chi connectivity index (χ0n) is 56.4. The van der Waals surface area contributed by atoms with Gasteiger partial charge in [-0.1, -0.05) is 307 Å². The zero-order valence-corrected chi connectivity index (χ0v) is 56.4. The molecule has 17 aromatic rings. The molecule has 472 valence electrons. The fourth-order valence-electron chi connectivity index (χ4n) is 16.8. The summed E-state index contributed by atoms with van der Waals surface area (Å²) in [6.45, 7) is 9.58. The van der Waals surface area contributed by atoms with Gasteiger partial charge < -0.3 is 9.80 Å². The molecule has 0 spiro atoms. The van der Waals surface area contributed by atoms with Crippen LogP contribution in [0.3, 0.4) is 0 Å². The van der Waals surface area contributed by atoms with Crippen molar-refractivity contribution >= 4 is 123 Å². The van der Waals surface area contributed by atoms with E-state index in [0.29, 0.717) is 0 Å². The number of rotatable bonds is 12. The highest BCUT2D eigenvalue weighted by molar-refractivity contribution is 6.34. The fourth-order valence-corrected chi connectivity index (χ4v) is 16.8. The van der Waals surface area contributed by atoms with Crippen molar-refractivity contribution < 1.29 is 0 Å². The first-order chi connectivity index (χ1) is 49.1. The standard InChI is InChI=1S/C98H70N2/c1-97(2)91-57-63(31-51-83(91)85-55-49-79(61-93(85)97)99(77-47-39-67-21-11-13-23-73(67)59-77)75-43-35-69(36-44-75)65-17-7-5-8-18-65)29-33-71-41-53-89-88-28-16-26-82-72(42-54-90(96(82)88)87-27-15-25-81(71)95(87)89)34-30-64-32-52-84-86-56-50-80(62-94(86)98(3,4)92(84)58-64)100(78-48-40-68-22-12-14-24-74(68)60-78)76-45-37-70(38-46-76)66-19-9-6-10-20-66/h5-62H,1-4H3/b33-29+,34-30+. The smallest absolute Gasteiger partial charge is 0.0468 e. The molecule has 0 aromatic heterocycles. The Kier molecular flexibility index (Phi) is 13.7. The summed E-state index contributed by atoms with van der Waals surface area (Å²) in [5.74, 6) is 0. The Balaban J connectivity index is 0.609. The van der Waals surface area contributed by atoms with E-state index < -0.39 is 0 Å². The maximum atomic E-state index is 2.44. The van der Waals surface area contributed by atoms with Gasteiger partial charge in [0.1, 0.15) is 0 Å². The minimum absolute atomic E-state index is 0.234. The quantitative estimate of drug-likeness (QED) is 0.0683. The molecule has 0 unspecified atom stereocenters. The fraction of sp³-hybridized carbons (Fsp3) is 0.0612. The molecule has 0 radical (unpaired) electrons. The Morgan fingerprint density at radius 2 is 0.540 bits per heavy atom. The number of nitrogens with zero attached hydrogens (tertiary/aromatic N) is 2. The van der Waals surface area contributed by atoms with Gasteiger partial charge in [-0.2, -0.15) is 0 Å². The number of hydrogen-bond acceptors (Lipinski definition) is 2. The molecule has 2 nitrogen and oxygen atoms in total. The largest absolute Gasteiger partial charge is 0.310 e. The first-order valence-corrected chi connectivity index (χ1v) is 35.0. The molecule has 0 saturated carbocycles. The summed E-state index contributed by atoms with van der Waals surface area (Å²) < 4.78 is 0. The van der Waals surface area contributed by atoms with E-state index in [4.69, 9.17) is 0 Å². The lowest BCUT2D eigenvalue weighted by Crippen LogP contribution is -2.16. The van der Waals surface area contributed by atoms with Crippen LogP contribution in [0.5, 0.6) is 0 Å². The predicted molar refractivity (Wildman–Crippen MR) is 429 cm³/mol. The van der Waals surface area contributed by atoms with Gasteiger partial charge in [0.2, 0.25) is 0 Å². The van der Waals surface area contributed by atoms with Crippen LogP contribution in [0.25, 0.3) is 133 Å². The molecule has 0 atom stereocenters. The van der Waals surface area contributed by atoms with Gasteiger partial charge in [0.05, 0.1) is 0 Å². The third-order valence-corrected chi connectivity index (χ3v) is 22.0. The predicted octanol–water partition coefficient (Wildman–Crippen LogP) is 27.3. The number of anilines is 6. The van der Waals surface area contributed by atoms with Crippen molar-refractivity contribution in [1.29, 1.82) is 0 Å². The van der Waals surface area contributed by atoms with Crippen LogP contribution in [0.1, 0.15) is 72.2 Å². The van der Waals surface area contributed by atoms with Gasteiger partial charge in [-0.15, -0.1) is 0 Å². The first-order valence-electron chi connectivity index (χ1n) is 35.0. The van der Waals surface area contributed by atoms with E-state index in [9.17, 15) is 0 Å². The third-order valence-electron chi connectivity index (χ3n) is 22.0. The lowest BCUT2D eigenvalue weighted by Gasteiger charge is -2.28. The van der Waals surface area contributed by atoms with Gasteiger partial charge >= 0.3 is 0 Å². The Bertz CT molecular complexity index is 5790. The lowest BCUT2D eigenvalue weighted by atomic mass is 9.81. The molecule has 0 N–H and O–H groups in total. The topological polar surface area (TPSA) is 6.48 Å². The Labute approximate surface area is 584 Å². The molecule has 0 amide bonds. The molecule has 2 aliphatic carbocycles. The van der Waals surface area contributed by atoms with Crippen LogP contribution in [-0.2, 0) is 10.8 Å². The summed E-state index contributed by atoms with van der Waals surface area (Å²) in [5, 5.41) is 15.2. The SMILES string of the molecule is CC1(C)c2cc(/C=C/c3ccc4c5cccc6c(/C=C/c7ccc8c(c7)C(C)(C)c7cc(N(c9ccc(-c%10ccccc%10)cc9)c9ccc%10ccccc%10c9)ccc7-8)ccc(c7cccc3c74)c65)ccc2-c2ccc(N(c3ccc(-c4ccccc4)cc3)c3ccc4ccccc4c3)cc21. The van der Waals surface area contributed by atoms with E-state index >= 15 is 0 Å². The van der Waals surface area contributed by atoms with Crippen LogP contribution < -0.4 is 9.80 Å². The summed E-state index contributed by atoms with van der Waals surface area (Å²) in [4.78, 5) is 4.84. The monoisotopic (exact) mass is 1270 g/mol. The molecular weight excluding hydrogens is 1210 g/mol. The van der Waals surface area contributed by atoms with E-state index in [1.807, 2.05) is 0 Å². The molecular formula is C98H70N2. The van der Waals surface area contributed by atoms with Gasteiger partial charge in [-0.3, -0.25) is 0 Å². The van der Waals surface area contributed by atoms with Crippen molar-refractivity contribution in [2.24, 2.45) is 0 Å². The summed E-state index contributed by atoms with van der Waals surface area (Å²) in [6, 6.07) is 122. The first kappa shape index (κ1) is 58.9. The van der Waals surface area contributed by atoms with Crippen LogP contribution >= 0.6 is 0 Å². The summed E-state index contributed by atoms with van der Waals surface area (Å²) in [5.41, 5.74) is 26.5. The minimum atomic E-state index is -0.234. The molecule has 17 aromatic carbocycles. The minimum Gasteiger partial charge on any atom is -0.310 e. The molecule has 100 heavy (non-hydrogen) atoms. The van der Waals surface area contributed by atoms with Gasteiger partial charge in [0.15, 0.2) is 0 Å². The maximum absolute atomic E-state index is 2.44. The molecule has 2 aliphatic rings. The van der Waals surface area contributed by atoms with Crippen molar-refractivity contribution in [1.82, 2.24) is 0 Å². The van der Waals surface area contributed by atoms with Crippen molar-refractivity contribution in [2.75, 3.05) is 9.80 Å². The molecule has 19 rings (SSSR count). The second-order valence-corrected chi connectivity index (χ2v) is 28.4. The van der Waals surface area contributed by atoms with Gasteiger partial charge in [0.25, 0.3) is 0 Å². The van der Waals surface area contributed by atoms with E-state index in [0.717, 1.165) is 34.1 Å². The summed E-state index contributed by atoms with van der Waals surface area (Å²) in [7, 11) is 0. The Morgan fingerprint density at radius 1 is 0.220 bits per heavy atom. The van der Waals surface area contributed by atoms with E-state index in [1.165, 1.54) is 154 Å². The van der Waals surface area contributed by atoms with Gasteiger partial charge in [-0.25, -0.2) is 0 Å². The highest BCUT2D eigenvalue weighted by Crippen LogP contribution is 2.54. The zero-order chi connectivity index (χ0) is 66.8. The lowest BCUT2D eigenvalue weighted by molar-refractivity contribution is 0.660. The third kappa shape index (κ3) is 9.69. The van der Waals surface area contributed by atoms with Crippen LogP contribution in [0.15, 0.2) is 328 Å². The number of fused-ring (bicyclic) bond motifs is 10. The number of hydrogen-bond donors (Lipinski definition) is 0. The molecule has 0 bridgehead atoms. The van der Waals surface area contributed by atoms with Gasteiger partial charge in [-0.05, 0) is 226 Å².